The fourth-order valence-corrected chi connectivity index (χ4v) is 1.23. The van der Waals surface area contributed by atoms with Gasteiger partial charge < -0.3 is 15.2 Å². The van der Waals surface area contributed by atoms with Gasteiger partial charge in [0.15, 0.2) is 11.5 Å². The highest BCUT2D eigenvalue weighted by molar-refractivity contribution is 5.67. The van der Waals surface area contributed by atoms with Gasteiger partial charge in [0, 0.05) is 17.3 Å². The molecule has 1 aromatic carbocycles. The summed E-state index contributed by atoms with van der Waals surface area (Å²) in [6.45, 7) is 0.237. The third kappa shape index (κ3) is 1.36. The van der Waals surface area contributed by atoms with Crippen molar-refractivity contribution in [2.24, 2.45) is 5.73 Å². The van der Waals surface area contributed by atoms with Crippen molar-refractivity contribution in [2.45, 2.75) is 0 Å². The Balaban J connectivity index is 2.39. The number of hydrogen-bond donors (Lipinski definition) is 1. The predicted molar refractivity (Wildman–Crippen MR) is 50.3 cm³/mol. The highest BCUT2D eigenvalue weighted by Crippen LogP contribution is 2.33. The summed E-state index contributed by atoms with van der Waals surface area (Å²) in [5.41, 5.74) is 6.82. The Labute approximate surface area is 81.2 Å². The van der Waals surface area contributed by atoms with E-state index < -0.39 is 0 Å². The maximum absolute atomic E-state index is 8.43. The van der Waals surface area contributed by atoms with Crippen molar-refractivity contribution in [3.8, 4) is 17.6 Å². The van der Waals surface area contributed by atoms with Gasteiger partial charge >= 0.3 is 0 Å². The Kier molecular flexibility index (Phi) is 1.99. The Morgan fingerprint density at radius 2 is 2.21 bits per heavy atom. The molecule has 0 bridgehead atoms. The second-order valence-corrected chi connectivity index (χ2v) is 2.80. The lowest BCUT2D eigenvalue weighted by atomic mass is 10.1. The molecule has 2 N–H and O–H groups in total. The van der Waals surface area contributed by atoms with Gasteiger partial charge in [0.25, 0.3) is 0 Å². The number of hydrogen-bond acceptors (Lipinski definition) is 4. The number of rotatable bonds is 1. The first kappa shape index (κ1) is 8.45. The van der Waals surface area contributed by atoms with Gasteiger partial charge in [-0.05, 0) is 18.2 Å². The first-order chi connectivity index (χ1) is 6.81. The minimum absolute atomic E-state index is 0.237. The average molecular weight is 188 g/mol. The van der Waals surface area contributed by atoms with Crippen LogP contribution in [-0.4, -0.2) is 6.79 Å². The molecule has 14 heavy (non-hydrogen) atoms. The van der Waals surface area contributed by atoms with Crippen molar-refractivity contribution in [1.82, 2.24) is 0 Å². The SMILES string of the molecule is N#C/C=C(/N)c1ccc2c(c1)OCO2. The van der Waals surface area contributed by atoms with Crippen LogP contribution in [0.1, 0.15) is 5.56 Å². The average Bonchev–Trinajstić information content (AvgIpc) is 2.64. The minimum atomic E-state index is 0.237. The van der Waals surface area contributed by atoms with Crippen molar-refractivity contribution in [1.29, 1.82) is 5.26 Å². The van der Waals surface area contributed by atoms with Gasteiger partial charge in [-0.2, -0.15) is 5.26 Å². The third-order valence-corrected chi connectivity index (χ3v) is 1.93. The van der Waals surface area contributed by atoms with E-state index >= 15 is 0 Å². The monoisotopic (exact) mass is 188 g/mol. The second-order valence-electron chi connectivity index (χ2n) is 2.80. The van der Waals surface area contributed by atoms with E-state index in [4.69, 9.17) is 20.5 Å². The molecule has 70 valence electrons. The van der Waals surface area contributed by atoms with Crippen molar-refractivity contribution in [2.75, 3.05) is 6.79 Å². The lowest BCUT2D eigenvalue weighted by molar-refractivity contribution is 0.174. The molecule has 4 heteroatoms. The number of nitriles is 1. The first-order valence-electron chi connectivity index (χ1n) is 4.06. The number of nitrogens with zero attached hydrogens (tertiary/aromatic N) is 1. The molecule has 1 aliphatic heterocycles. The van der Waals surface area contributed by atoms with E-state index in [9.17, 15) is 0 Å². The number of ether oxygens (including phenoxy) is 2. The van der Waals surface area contributed by atoms with Gasteiger partial charge in [0.2, 0.25) is 6.79 Å². The van der Waals surface area contributed by atoms with E-state index in [0.29, 0.717) is 17.2 Å². The largest absolute Gasteiger partial charge is 0.454 e. The van der Waals surface area contributed by atoms with Crippen LogP contribution in [0.3, 0.4) is 0 Å². The quantitative estimate of drug-likeness (QED) is 0.673. The lowest BCUT2D eigenvalue weighted by Crippen LogP contribution is -1.95. The molecule has 1 aromatic rings. The van der Waals surface area contributed by atoms with Crippen LogP contribution in [0.5, 0.6) is 11.5 Å². The molecule has 0 fully saturated rings. The maximum atomic E-state index is 8.43. The Bertz CT molecular complexity index is 432. The summed E-state index contributed by atoms with van der Waals surface area (Å²) in [4.78, 5) is 0. The van der Waals surface area contributed by atoms with Gasteiger partial charge in [0.05, 0.1) is 6.07 Å². The van der Waals surface area contributed by atoms with Crippen LogP contribution >= 0.6 is 0 Å². The van der Waals surface area contributed by atoms with Crippen LogP contribution in [0.2, 0.25) is 0 Å². The van der Waals surface area contributed by atoms with Crippen LogP contribution in [0.4, 0.5) is 0 Å². The smallest absolute Gasteiger partial charge is 0.231 e. The standard InChI is InChI=1S/C10H8N2O2/c11-4-3-8(12)7-1-2-9-10(5-7)14-6-13-9/h1-3,5H,6,12H2/b8-3+. The molecule has 0 unspecified atom stereocenters. The molecule has 0 spiro atoms. The Morgan fingerprint density at radius 3 is 3.00 bits per heavy atom. The van der Waals surface area contributed by atoms with Crippen LogP contribution in [-0.2, 0) is 0 Å². The van der Waals surface area contributed by atoms with E-state index in [1.165, 1.54) is 6.08 Å². The van der Waals surface area contributed by atoms with Crippen molar-refractivity contribution < 1.29 is 9.47 Å². The van der Waals surface area contributed by atoms with Crippen molar-refractivity contribution in [3.05, 3.63) is 29.8 Å². The molecule has 4 nitrogen and oxygen atoms in total. The van der Waals surface area contributed by atoms with E-state index in [0.717, 1.165) is 5.56 Å². The number of benzene rings is 1. The van der Waals surface area contributed by atoms with Gasteiger partial charge in [-0.1, -0.05) is 0 Å². The molecule has 0 aromatic heterocycles. The molecule has 2 rings (SSSR count). The summed E-state index contributed by atoms with van der Waals surface area (Å²) < 4.78 is 10.3. The van der Waals surface area contributed by atoms with Crippen LogP contribution < -0.4 is 15.2 Å². The fourth-order valence-electron chi connectivity index (χ4n) is 1.23. The highest BCUT2D eigenvalue weighted by Gasteiger charge is 2.13. The summed E-state index contributed by atoms with van der Waals surface area (Å²) in [5, 5.41) is 8.43. The second kappa shape index (κ2) is 3.30. The zero-order chi connectivity index (χ0) is 9.97. The Hall–Kier alpha value is -2.15. The van der Waals surface area contributed by atoms with E-state index in [-0.39, 0.29) is 6.79 Å². The zero-order valence-corrected chi connectivity index (χ0v) is 7.36. The lowest BCUT2D eigenvalue weighted by Gasteiger charge is -2.01. The molecule has 1 heterocycles. The normalized spacial score (nSPS) is 13.8. The Morgan fingerprint density at radius 1 is 1.43 bits per heavy atom. The molecule has 1 aliphatic rings. The summed E-state index contributed by atoms with van der Waals surface area (Å²) in [7, 11) is 0. The fraction of sp³-hybridized carbons (Fsp3) is 0.100. The highest BCUT2D eigenvalue weighted by atomic mass is 16.7. The molecule has 0 saturated carbocycles. The summed E-state index contributed by atoms with van der Waals surface area (Å²) in [6.07, 6.45) is 1.29. The van der Waals surface area contributed by atoms with Crippen molar-refractivity contribution >= 4 is 5.70 Å². The summed E-state index contributed by atoms with van der Waals surface area (Å²) >= 11 is 0. The van der Waals surface area contributed by atoms with Crippen LogP contribution in [0.15, 0.2) is 24.3 Å². The number of allylic oxidation sites excluding steroid dienone is 1. The van der Waals surface area contributed by atoms with E-state index in [2.05, 4.69) is 0 Å². The zero-order valence-electron chi connectivity index (χ0n) is 7.36. The molecule has 0 radical (unpaired) electrons. The summed E-state index contributed by atoms with van der Waals surface area (Å²) in [6, 6.07) is 7.19. The van der Waals surface area contributed by atoms with E-state index in [1.807, 2.05) is 6.07 Å². The van der Waals surface area contributed by atoms with Gasteiger partial charge in [-0.25, -0.2) is 0 Å². The topological polar surface area (TPSA) is 68.3 Å². The molecule has 0 saturated heterocycles. The number of fused-ring (bicyclic) bond motifs is 1. The van der Waals surface area contributed by atoms with Crippen molar-refractivity contribution in [3.63, 3.8) is 0 Å². The minimum Gasteiger partial charge on any atom is -0.454 e. The molecule has 0 atom stereocenters. The predicted octanol–water partition coefficient (Wildman–Crippen LogP) is 1.24. The van der Waals surface area contributed by atoms with Crippen LogP contribution in [0.25, 0.3) is 5.70 Å². The summed E-state index contributed by atoms with van der Waals surface area (Å²) in [5.74, 6) is 1.37. The molecule has 0 amide bonds. The van der Waals surface area contributed by atoms with E-state index in [1.54, 1.807) is 18.2 Å². The third-order valence-electron chi connectivity index (χ3n) is 1.93. The molecular formula is C10H8N2O2. The van der Waals surface area contributed by atoms with Gasteiger partial charge in [-0.3, -0.25) is 0 Å². The number of nitrogens with two attached hydrogens (primary N) is 1. The molecule has 0 aliphatic carbocycles. The molecular weight excluding hydrogens is 180 g/mol. The first-order valence-corrected chi connectivity index (χ1v) is 4.06. The van der Waals surface area contributed by atoms with Gasteiger partial charge in [0.1, 0.15) is 0 Å². The van der Waals surface area contributed by atoms with Crippen LogP contribution in [0, 0.1) is 11.3 Å². The maximum Gasteiger partial charge on any atom is 0.231 e. The van der Waals surface area contributed by atoms with Gasteiger partial charge in [-0.15, -0.1) is 0 Å².